The van der Waals surface area contributed by atoms with Gasteiger partial charge in [0, 0.05) is 36.8 Å². The van der Waals surface area contributed by atoms with Gasteiger partial charge in [0.25, 0.3) is 0 Å². The van der Waals surface area contributed by atoms with Crippen LogP contribution < -0.4 is 16.0 Å². The van der Waals surface area contributed by atoms with Crippen LogP contribution in [0.25, 0.3) is 0 Å². The van der Waals surface area contributed by atoms with Crippen molar-refractivity contribution in [1.29, 1.82) is 0 Å². The third-order valence-electron chi connectivity index (χ3n) is 4.06. The molecule has 0 radical (unpaired) electrons. The lowest BCUT2D eigenvalue weighted by Gasteiger charge is -2.29. The Morgan fingerprint density at radius 3 is 2.71 bits per heavy atom. The zero-order valence-electron chi connectivity index (χ0n) is 13.1. The Morgan fingerprint density at radius 1 is 1.00 bits per heavy atom. The summed E-state index contributed by atoms with van der Waals surface area (Å²) in [5.41, 5.74) is 8.99. The quantitative estimate of drug-likeness (QED) is 0.764. The molecule has 3 heterocycles. The van der Waals surface area contributed by atoms with Crippen molar-refractivity contribution in [3.05, 3.63) is 60.3 Å². The summed E-state index contributed by atoms with van der Waals surface area (Å²) in [6.07, 6.45) is 3.92. The third kappa shape index (κ3) is 2.83. The molecule has 1 aromatic carbocycles. The Balaban J connectivity index is 1.57. The van der Waals surface area contributed by atoms with Crippen LogP contribution in [0.3, 0.4) is 0 Å². The van der Waals surface area contributed by atoms with Gasteiger partial charge in [0.05, 0.1) is 5.69 Å². The van der Waals surface area contributed by atoms with Crippen molar-refractivity contribution in [2.45, 2.75) is 13.0 Å². The van der Waals surface area contributed by atoms with E-state index in [1.54, 1.807) is 6.33 Å². The molecule has 0 spiro atoms. The van der Waals surface area contributed by atoms with Gasteiger partial charge in [0.1, 0.15) is 30.1 Å². The third-order valence-corrected chi connectivity index (χ3v) is 4.06. The predicted octanol–water partition coefficient (Wildman–Crippen LogP) is 2.16. The standard InChI is InChI=1S/C17H17N7/c18-17-13-9-24(7-6-14(13)19-10-22-17)16-8-15(20-11-21-16)23-12-4-2-1-3-5-12/h1-5,8,10-11H,6-7,9H2,(H2,18,19,22)(H,20,21,23). The average Bonchev–Trinajstić information content (AvgIpc) is 2.63. The van der Waals surface area contributed by atoms with E-state index in [1.165, 1.54) is 6.33 Å². The van der Waals surface area contributed by atoms with E-state index < -0.39 is 0 Å². The second-order valence-corrected chi connectivity index (χ2v) is 5.61. The summed E-state index contributed by atoms with van der Waals surface area (Å²) in [4.78, 5) is 19.3. The van der Waals surface area contributed by atoms with Crippen LogP contribution in [0.1, 0.15) is 11.3 Å². The number of nitrogen functional groups attached to an aromatic ring is 1. The summed E-state index contributed by atoms with van der Waals surface area (Å²) in [6.45, 7) is 1.50. The van der Waals surface area contributed by atoms with Crippen LogP contribution in [0.15, 0.2) is 49.1 Å². The molecule has 0 amide bonds. The van der Waals surface area contributed by atoms with E-state index in [9.17, 15) is 0 Å². The first-order valence-corrected chi connectivity index (χ1v) is 7.77. The molecule has 0 fully saturated rings. The summed E-state index contributed by atoms with van der Waals surface area (Å²) in [5, 5.41) is 3.29. The average molecular weight is 319 g/mol. The van der Waals surface area contributed by atoms with Crippen LogP contribution >= 0.6 is 0 Å². The molecule has 120 valence electrons. The van der Waals surface area contributed by atoms with Crippen LogP contribution in [0.2, 0.25) is 0 Å². The normalized spacial score (nSPS) is 13.4. The van der Waals surface area contributed by atoms with Gasteiger partial charge in [-0.25, -0.2) is 19.9 Å². The number of anilines is 4. The van der Waals surface area contributed by atoms with Gasteiger partial charge in [-0.2, -0.15) is 0 Å². The second-order valence-electron chi connectivity index (χ2n) is 5.61. The molecule has 0 bridgehead atoms. The molecule has 4 rings (SSSR count). The first-order chi connectivity index (χ1) is 11.8. The summed E-state index contributed by atoms with van der Waals surface area (Å²) < 4.78 is 0. The molecule has 0 aliphatic carbocycles. The highest BCUT2D eigenvalue weighted by molar-refractivity contribution is 5.60. The number of para-hydroxylation sites is 1. The number of fused-ring (bicyclic) bond motifs is 1. The second kappa shape index (κ2) is 6.11. The fourth-order valence-electron chi connectivity index (χ4n) is 2.82. The lowest BCUT2D eigenvalue weighted by molar-refractivity contribution is 0.698. The maximum absolute atomic E-state index is 5.99. The van der Waals surface area contributed by atoms with E-state index in [1.807, 2.05) is 36.4 Å². The molecule has 0 atom stereocenters. The molecule has 0 saturated heterocycles. The Morgan fingerprint density at radius 2 is 1.83 bits per heavy atom. The van der Waals surface area contributed by atoms with Gasteiger partial charge in [-0.1, -0.05) is 18.2 Å². The number of rotatable bonds is 3. The minimum Gasteiger partial charge on any atom is -0.383 e. The molecule has 24 heavy (non-hydrogen) atoms. The molecule has 7 heteroatoms. The van der Waals surface area contributed by atoms with Crippen molar-refractivity contribution in [3.63, 3.8) is 0 Å². The number of nitrogens with zero attached hydrogens (tertiary/aromatic N) is 5. The minimum atomic E-state index is 0.543. The van der Waals surface area contributed by atoms with E-state index in [0.717, 1.165) is 41.5 Å². The van der Waals surface area contributed by atoms with Crippen LogP contribution in [0, 0.1) is 0 Å². The highest BCUT2D eigenvalue weighted by Gasteiger charge is 2.21. The van der Waals surface area contributed by atoms with Crippen molar-refractivity contribution in [3.8, 4) is 0 Å². The lowest BCUT2D eigenvalue weighted by atomic mass is 10.1. The maximum atomic E-state index is 5.99. The summed E-state index contributed by atoms with van der Waals surface area (Å²) in [7, 11) is 0. The Labute approximate surface area is 139 Å². The Bertz CT molecular complexity index is 851. The topological polar surface area (TPSA) is 92.8 Å². The molecular formula is C17H17N7. The van der Waals surface area contributed by atoms with Gasteiger partial charge in [0.2, 0.25) is 0 Å². The molecule has 1 aliphatic heterocycles. The maximum Gasteiger partial charge on any atom is 0.135 e. The van der Waals surface area contributed by atoms with Crippen LogP contribution in [-0.4, -0.2) is 26.5 Å². The van der Waals surface area contributed by atoms with Crippen molar-refractivity contribution in [2.24, 2.45) is 0 Å². The number of aromatic nitrogens is 4. The SMILES string of the molecule is Nc1ncnc2c1CN(c1cc(Nc3ccccc3)ncn1)CC2. The van der Waals surface area contributed by atoms with Gasteiger partial charge < -0.3 is 16.0 Å². The van der Waals surface area contributed by atoms with E-state index >= 15 is 0 Å². The van der Waals surface area contributed by atoms with Crippen LogP contribution in [0.5, 0.6) is 0 Å². The van der Waals surface area contributed by atoms with Crippen LogP contribution in [-0.2, 0) is 13.0 Å². The monoisotopic (exact) mass is 319 g/mol. The highest BCUT2D eigenvalue weighted by Crippen LogP contribution is 2.26. The molecule has 7 nitrogen and oxygen atoms in total. The smallest absolute Gasteiger partial charge is 0.135 e. The number of nitrogens with one attached hydrogen (secondary N) is 1. The number of hydrogen-bond donors (Lipinski definition) is 2. The van der Waals surface area contributed by atoms with Gasteiger partial charge in [-0.05, 0) is 12.1 Å². The van der Waals surface area contributed by atoms with Crippen LogP contribution in [0.4, 0.5) is 23.1 Å². The molecule has 0 unspecified atom stereocenters. The van der Waals surface area contributed by atoms with Gasteiger partial charge in [0.15, 0.2) is 0 Å². The summed E-state index contributed by atoms with van der Waals surface area (Å²) >= 11 is 0. The Kier molecular flexibility index (Phi) is 3.66. The largest absolute Gasteiger partial charge is 0.383 e. The molecule has 0 saturated carbocycles. The fraction of sp³-hybridized carbons (Fsp3) is 0.176. The molecule has 1 aliphatic rings. The van der Waals surface area contributed by atoms with E-state index in [-0.39, 0.29) is 0 Å². The van der Waals surface area contributed by atoms with Crippen molar-refractivity contribution in [2.75, 3.05) is 22.5 Å². The molecule has 2 aromatic heterocycles. The molecular weight excluding hydrogens is 302 g/mol. The van der Waals surface area contributed by atoms with E-state index in [4.69, 9.17) is 5.73 Å². The van der Waals surface area contributed by atoms with Gasteiger partial charge in [-0.3, -0.25) is 0 Å². The number of hydrogen-bond acceptors (Lipinski definition) is 7. The fourth-order valence-corrected chi connectivity index (χ4v) is 2.82. The molecule has 3 N–H and O–H groups in total. The first-order valence-electron chi connectivity index (χ1n) is 7.77. The van der Waals surface area contributed by atoms with E-state index in [0.29, 0.717) is 12.4 Å². The number of benzene rings is 1. The first kappa shape index (κ1) is 14.4. The zero-order chi connectivity index (χ0) is 16.4. The minimum absolute atomic E-state index is 0.543. The lowest BCUT2D eigenvalue weighted by Crippen LogP contribution is -2.32. The molecule has 3 aromatic rings. The van der Waals surface area contributed by atoms with E-state index in [2.05, 4.69) is 30.2 Å². The zero-order valence-corrected chi connectivity index (χ0v) is 13.1. The van der Waals surface area contributed by atoms with Crippen molar-refractivity contribution in [1.82, 2.24) is 19.9 Å². The summed E-state index contributed by atoms with van der Waals surface area (Å²) in [6, 6.07) is 11.9. The highest BCUT2D eigenvalue weighted by atomic mass is 15.2. The van der Waals surface area contributed by atoms with Crippen molar-refractivity contribution >= 4 is 23.1 Å². The number of nitrogens with two attached hydrogens (primary N) is 1. The summed E-state index contributed by atoms with van der Waals surface area (Å²) in [5.74, 6) is 2.16. The predicted molar refractivity (Wildman–Crippen MR) is 93.0 cm³/mol. The van der Waals surface area contributed by atoms with Crippen molar-refractivity contribution < 1.29 is 0 Å². The van der Waals surface area contributed by atoms with Gasteiger partial charge >= 0.3 is 0 Å². The van der Waals surface area contributed by atoms with Gasteiger partial charge in [-0.15, -0.1) is 0 Å². The Hall–Kier alpha value is -3.22.